The van der Waals surface area contributed by atoms with Gasteiger partial charge in [-0.25, -0.2) is 0 Å². The fourth-order valence-electron chi connectivity index (χ4n) is 2.45. The van der Waals surface area contributed by atoms with Crippen molar-refractivity contribution in [2.45, 2.75) is 59.5 Å². The number of ether oxygens (including phenoxy) is 1. The molecule has 0 amide bonds. The summed E-state index contributed by atoms with van der Waals surface area (Å²) in [6.07, 6.45) is 12.5. The standard InChI is InChI=1S/C22H32O3/c1-4-5-7-12-19-13-9-10-14-20(19)17-25-18-22(2,3)16-11-6-8-15-21(23)24/h7,9-14,16H,4-6,8,15,17-18H2,1-3H3,(H,23,24). The lowest BCUT2D eigenvalue weighted by Gasteiger charge is -2.20. The van der Waals surface area contributed by atoms with Gasteiger partial charge in [-0.3, -0.25) is 4.79 Å². The first-order valence-corrected chi connectivity index (χ1v) is 9.16. The van der Waals surface area contributed by atoms with Crippen molar-refractivity contribution in [2.75, 3.05) is 6.61 Å². The van der Waals surface area contributed by atoms with Crippen molar-refractivity contribution in [3.05, 3.63) is 53.6 Å². The largest absolute Gasteiger partial charge is 0.481 e. The van der Waals surface area contributed by atoms with Gasteiger partial charge in [0.2, 0.25) is 0 Å². The Balaban J connectivity index is 2.45. The zero-order valence-corrected chi connectivity index (χ0v) is 15.8. The summed E-state index contributed by atoms with van der Waals surface area (Å²) in [7, 11) is 0. The maximum Gasteiger partial charge on any atom is 0.303 e. The molecule has 0 unspecified atom stereocenters. The zero-order chi connectivity index (χ0) is 18.5. The highest BCUT2D eigenvalue weighted by Crippen LogP contribution is 2.20. The van der Waals surface area contributed by atoms with Gasteiger partial charge in [0.15, 0.2) is 0 Å². The van der Waals surface area contributed by atoms with Crippen LogP contribution in [0.1, 0.15) is 64.0 Å². The number of hydrogen-bond acceptors (Lipinski definition) is 2. The van der Waals surface area contributed by atoms with E-state index in [0.29, 0.717) is 19.6 Å². The fourth-order valence-corrected chi connectivity index (χ4v) is 2.45. The predicted octanol–water partition coefficient (Wildman–Crippen LogP) is 5.85. The fraction of sp³-hybridized carbons (Fsp3) is 0.500. The molecule has 1 rings (SSSR count). The van der Waals surface area contributed by atoms with Crippen molar-refractivity contribution in [2.24, 2.45) is 5.41 Å². The van der Waals surface area contributed by atoms with Gasteiger partial charge in [-0.05, 0) is 30.4 Å². The van der Waals surface area contributed by atoms with Gasteiger partial charge < -0.3 is 9.84 Å². The molecule has 138 valence electrons. The molecule has 0 spiro atoms. The van der Waals surface area contributed by atoms with E-state index in [-0.39, 0.29) is 11.8 Å². The number of aliphatic carboxylic acids is 1. The lowest BCUT2D eigenvalue weighted by molar-refractivity contribution is -0.137. The van der Waals surface area contributed by atoms with Gasteiger partial charge in [0.25, 0.3) is 0 Å². The van der Waals surface area contributed by atoms with Gasteiger partial charge in [0, 0.05) is 11.8 Å². The third-order valence-corrected chi connectivity index (χ3v) is 3.87. The number of hydrogen-bond donors (Lipinski definition) is 1. The molecule has 3 heteroatoms. The maximum atomic E-state index is 10.5. The van der Waals surface area contributed by atoms with E-state index < -0.39 is 5.97 Å². The van der Waals surface area contributed by atoms with Gasteiger partial charge in [-0.2, -0.15) is 0 Å². The molecular weight excluding hydrogens is 312 g/mol. The van der Waals surface area contributed by atoms with Crippen LogP contribution in [0, 0.1) is 5.41 Å². The Morgan fingerprint density at radius 2 is 1.96 bits per heavy atom. The monoisotopic (exact) mass is 344 g/mol. The quantitative estimate of drug-likeness (QED) is 0.382. The smallest absolute Gasteiger partial charge is 0.303 e. The van der Waals surface area contributed by atoms with Crippen molar-refractivity contribution < 1.29 is 14.6 Å². The van der Waals surface area contributed by atoms with Crippen molar-refractivity contribution in [3.8, 4) is 0 Å². The van der Waals surface area contributed by atoms with Crippen LogP contribution in [0.2, 0.25) is 0 Å². The molecule has 0 fully saturated rings. The van der Waals surface area contributed by atoms with Crippen LogP contribution in [-0.4, -0.2) is 17.7 Å². The Kier molecular flexibility index (Phi) is 9.86. The van der Waals surface area contributed by atoms with E-state index in [1.807, 2.05) is 6.07 Å². The molecule has 0 atom stereocenters. The molecule has 0 aliphatic rings. The van der Waals surface area contributed by atoms with Crippen molar-refractivity contribution in [3.63, 3.8) is 0 Å². The highest BCUT2D eigenvalue weighted by atomic mass is 16.5. The van der Waals surface area contributed by atoms with Gasteiger partial charge in [-0.15, -0.1) is 0 Å². The highest BCUT2D eigenvalue weighted by molar-refractivity contribution is 5.66. The second-order valence-corrected chi connectivity index (χ2v) is 7.06. The molecule has 1 aromatic rings. The third kappa shape index (κ3) is 9.88. The van der Waals surface area contributed by atoms with Gasteiger partial charge >= 0.3 is 5.97 Å². The van der Waals surface area contributed by atoms with Gasteiger partial charge in [0.05, 0.1) is 13.2 Å². The first-order valence-electron chi connectivity index (χ1n) is 9.16. The number of carboxylic acid groups (broad SMARTS) is 1. The summed E-state index contributed by atoms with van der Waals surface area (Å²) in [5, 5.41) is 8.64. The molecule has 0 aromatic heterocycles. The first kappa shape index (κ1) is 21.2. The van der Waals surface area contributed by atoms with Crippen LogP contribution in [0.3, 0.4) is 0 Å². The molecule has 1 N–H and O–H groups in total. The van der Waals surface area contributed by atoms with Gasteiger partial charge in [0.1, 0.15) is 0 Å². The number of unbranched alkanes of at least 4 members (excludes halogenated alkanes) is 2. The second kappa shape index (κ2) is 11.6. The third-order valence-electron chi connectivity index (χ3n) is 3.87. The van der Waals surface area contributed by atoms with E-state index in [2.05, 4.69) is 63.3 Å². The van der Waals surface area contributed by atoms with Crippen LogP contribution in [0.15, 0.2) is 42.5 Å². The topological polar surface area (TPSA) is 46.5 Å². The minimum atomic E-state index is -0.734. The van der Waals surface area contributed by atoms with Crippen LogP contribution in [-0.2, 0) is 16.1 Å². The van der Waals surface area contributed by atoms with Crippen LogP contribution < -0.4 is 0 Å². The lowest BCUT2D eigenvalue weighted by Crippen LogP contribution is -2.16. The SMILES string of the molecule is CCCC=Cc1ccccc1COCC(C)(C)C=CCCCC(=O)O. The van der Waals surface area contributed by atoms with Crippen molar-refractivity contribution in [1.82, 2.24) is 0 Å². The average Bonchev–Trinajstić information content (AvgIpc) is 2.55. The summed E-state index contributed by atoms with van der Waals surface area (Å²) >= 11 is 0. The maximum absolute atomic E-state index is 10.5. The molecule has 0 heterocycles. The van der Waals surface area contributed by atoms with Crippen LogP contribution in [0.4, 0.5) is 0 Å². The van der Waals surface area contributed by atoms with Crippen LogP contribution in [0.25, 0.3) is 6.08 Å². The molecule has 0 bridgehead atoms. The van der Waals surface area contributed by atoms with E-state index in [4.69, 9.17) is 9.84 Å². The minimum Gasteiger partial charge on any atom is -0.481 e. The molecule has 0 aliphatic carbocycles. The number of carboxylic acids is 1. The second-order valence-electron chi connectivity index (χ2n) is 7.06. The van der Waals surface area contributed by atoms with Crippen molar-refractivity contribution in [1.29, 1.82) is 0 Å². The molecule has 0 radical (unpaired) electrons. The number of rotatable bonds is 12. The first-order chi connectivity index (χ1) is 11.9. The van der Waals surface area contributed by atoms with Crippen LogP contribution >= 0.6 is 0 Å². The Labute approximate surface area is 152 Å². The summed E-state index contributed by atoms with van der Waals surface area (Å²) in [5.74, 6) is -0.734. The molecule has 0 aliphatic heterocycles. The van der Waals surface area contributed by atoms with E-state index >= 15 is 0 Å². The highest BCUT2D eigenvalue weighted by Gasteiger charge is 2.14. The van der Waals surface area contributed by atoms with E-state index in [0.717, 1.165) is 19.3 Å². The minimum absolute atomic E-state index is 0.0593. The van der Waals surface area contributed by atoms with E-state index in [1.54, 1.807) is 0 Å². The summed E-state index contributed by atoms with van der Waals surface area (Å²) < 4.78 is 5.95. The Morgan fingerprint density at radius 1 is 1.20 bits per heavy atom. The Morgan fingerprint density at radius 3 is 2.68 bits per heavy atom. The summed E-state index contributed by atoms with van der Waals surface area (Å²) in [6, 6.07) is 8.33. The summed E-state index contributed by atoms with van der Waals surface area (Å²) in [5.41, 5.74) is 2.37. The number of benzene rings is 1. The lowest BCUT2D eigenvalue weighted by atomic mass is 9.93. The molecule has 0 saturated heterocycles. The van der Waals surface area contributed by atoms with Crippen LogP contribution in [0.5, 0.6) is 0 Å². The number of allylic oxidation sites excluding steroid dienone is 2. The van der Waals surface area contributed by atoms with E-state index in [9.17, 15) is 4.79 Å². The van der Waals surface area contributed by atoms with Gasteiger partial charge in [-0.1, -0.05) is 75.8 Å². The zero-order valence-electron chi connectivity index (χ0n) is 15.8. The predicted molar refractivity (Wildman–Crippen MR) is 104 cm³/mol. The Bertz CT molecular complexity index is 570. The molecule has 1 aromatic carbocycles. The normalized spacial score (nSPS) is 12.3. The van der Waals surface area contributed by atoms with Crippen molar-refractivity contribution >= 4 is 12.0 Å². The summed E-state index contributed by atoms with van der Waals surface area (Å²) in [4.78, 5) is 10.5. The Hall–Kier alpha value is -1.87. The summed E-state index contributed by atoms with van der Waals surface area (Å²) in [6.45, 7) is 7.68. The molecule has 0 saturated carbocycles. The average molecular weight is 344 g/mol. The molecule has 25 heavy (non-hydrogen) atoms. The van der Waals surface area contributed by atoms with E-state index in [1.165, 1.54) is 11.1 Å². The molecular formula is C22H32O3. The molecule has 3 nitrogen and oxygen atoms in total. The number of carbonyl (C=O) groups is 1.